The van der Waals surface area contributed by atoms with Crippen LogP contribution >= 0.6 is 0 Å². The maximum atomic E-state index is 13.6. The summed E-state index contributed by atoms with van der Waals surface area (Å²) >= 11 is 0. The van der Waals surface area contributed by atoms with Gasteiger partial charge in [-0.25, -0.2) is 9.78 Å². The van der Waals surface area contributed by atoms with Gasteiger partial charge in [-0.2, -0.15) is 0 Å². The van der Waals surface area contributed by atoms with E-state index in [1.165, 1.54) is 6.42 Å². The monoisotopic (exact) mass is 520 g/mol. The molecule has 1 saturated carbocycles. The number of carbonyl (C=O) groups is 2. The second-order valence-electron chi connectivity index (χ2n) is 10.7. The molecule has 2 aromatic rings. The number of aromatic nitrogens is 1. The molecule has 1 aromatic heterocycles. The minimum Gasteiger partial charge on any atom is -0.472 e. The Bertz CT molecular complexity index is 1120. The molecule has 8 heteroatoms. The van der Waals surface area contributed by atoms with E-state index in [-0.39, 0.29) is 48.5 Å². The van der Waals surface area contributed by atoms with Gasteiger partial charge in [-0.1, -0.05) is 68.7 Å². The molecule has 1 aliphatic heterocycles. The quantitative estimate of drug-likeness (QED) is 0.563. The van der Waals surface area contributed by atoms with E-state index < -0.39 is 0 Å². The molecule has 2 N–H and O–H groups in total. The summed E-state index contributed by atoms with van der Waals surface area (Å²) in [4.78, 5) is 34.4. The van der Waals surface area contributed by atoms with Crippen molar-refractivity contribution < 1.29 is 19.4 Å². The van der Waals surface area contributed by atoms with Crippen LogP contribution in [0, 0.1) is 5.92 Å². The van der Waals surface area contributed by atoms with Crippen molar-refractivity contribution in [1.82, 2.24) is 20.1 Å². The van der Waals surface area contributed by atoms with Crippen LogP contribution in [0.1, 0.15) is 67.4 Å². The summed E-state index contributed by atoms with van der Waals surface area (Å²) in [6, 6.07) is 11.4. The van der Waals surface area contributed by atoms with Gasteiger partial charge in [-0.3, -0.25) is 4.79 Å². The van der Waals surface area contributed by atoms with E-state index in [0.717, 1.165) is 36.8 Å². The average Bonchev–Trinajstić information content (AvgIpc) is 2.94. The third kappa shape index (κ3) is 6.92. The van der Waals surface area contributed by atoms with Crippen LogP contribution in [0.25, 0.3) is 12.2 Å². The van der Waals surface area contributed by atoms with E-state index in [2.05, 4.69) is 10.3 Å². The van der Waals surface area contributed by atoms with Crippen LogP contribution in [0.15, 0.2) is 42.6 Å². The first-order chi connectivity index (χ1) is 18.4. The minimum absolute atomic E-state index is 0.0921. The number of urea groups is 1. The normalized spacial score (nSPS) is 21.3. The first kappa shape index (κ1) is 27.6. The van der Waals surface area contributed by atoms with Gasteiger partial charge in [0.05, 0.1) is 19.2 Å². The summed E-state index contributed by atoms with van der Waals surface area (Å²) in [6.07, 6.45) is 10.8. The Hall–Kier alpha value is -3.39. The molecule has 8 nitrogen and oxygen atoms in total. The van der Waals surface area contributed by atoms with Gasteiger partial charge in [0.1, 0.15) is 11.7 Å². The van der Waals surface area contributed by atoms with Crippen molar-refractivity contribution in [2.45, 2.75) is 64.1 Å². The number of aliphatic hydroxyl groups is 1. The molecular formula is C30H40N4O4. The lowest BCUT2D eigenvalue weighted by Crippen LogP contribution is -2.52. The molecule has 3 atom stereocenters. The van der Waals surface area contributed by atoms with E-state index in [0.29, 0.717) is 18.7 Å². The number of ether oxygens (including phenoxy) is 1. The van der Waals surface area contributed by atoms with Crippen molar-refractivity contribution in [2.24, 2.45) is 5.92 Å². The highest BCUT2D eigenvalue weighted by Crippen LogP contribution is 2.28. The summed E-state index contributed by atoms with van der Waals surface area (Å²) in [7, 11) is 1.78. The Labute approximate surface area is 225 Å². The number of rotatable bonds is 7. The number of benzene rings is 1. The lowest BCUT2D eigenvalue weighted by Gasteiger charge is -2.38. The molecule has 2 heterocycles. The summed E-state index contributed by atoms with van der Waals surface area (Å²) in [5.74, 6) is -0.0668. The molecule has 0 spiro atoms. The van der Waals surface area contributed by atoms with Gasteiger partial charge in [0.2, 0.25) is 5.88 Å². The predicted molar refractivity (Wildman–Crippen MR) is 149 cm³/mol. The summed E-state index contributed by atoms with van der Waals surface area (Å²) in [5.41, 5.74) is 2.17. The number of fused-ring (bicyclic) bond motifs is 1. The van der Waals surface area contributed by atoms with Crippen LogP contribution in [0.2, 0.25) is 0 Å². The van der Waals surface area contributed by atoms with Crippen molar-refractivity contribution in [1.29, 1.82) is 0 Å². The second-order valence-corrected chi connectivity index (χ2v) is 10.7. The Morgan fingerprint density at radius 1 is 1.21 bits per heavy atom. The topological polar surface area (TPSA) is 95.0 Å². The van der Waals surface area contributed by atoms with Crippen LogP contribution in [0.4, 0.5) is 4.79 Å². The average molecular weight is 521 g/mol. The molecule has 1 fully saturated rings. The largest absolute Gasteiger partial charge is 0.472 e. The van der Waals surface area contributed by atoms with Crippen molar-refractivity contribution >= 4 is 24.1 Å². The van der Waals surface area contributed by atoms with Gasteiger partial charge in [0.15, 0.2) is 0 Å². The van der Waals surface area contributed by atoms with E-state index in [9.17, 15) is 14.7 Å². The van der Waals surface area contributed by atoms with E-state index in [1.54, 1.807) is 29.1 Å². The Kier molecular flexibility index (Phi) is 9.39. The highest BCUT2D eigenvalue weighted by atomic mass is 16.5. The zero-order valence-corrected chi connectivity index (χ0v) is 22.7. The number of nitrogens with zero attached hydrogens (tertiary/aromatic N) is 3. The van der Waals surface area contributed by atoms with Crippen molar-refractivity contribution in [2.75, 3.05) is 26.7 Å². The Morgan fingerprint density at radius 3 is 2.63 bits per heavy atom. The molecule has 2 aliphatic rings. The lowest BCUT2D eigenvalue weighted by molar-refractivity contribution is 0.0351. The zero-order chi connectivity index (χ0) is 27.1. The smallest absolute Gasteiger partial charge is 0.317 e. The van der Waals surface area contributed by atoms with Gasteiger partial charge in [0.25, 0.3) is 5.91 Å². The van der Waals surface area contributed by atoms with Gasteiger partial charge in [-0.05, 0) is 37.0 Å². The second kappa shape index (κ2) is 12.9. The third-order valence-electron chi connectivity index (χ3n) is 7.54. The zero-order valence-electron chi connectivity index (χ0n) is 22.7. The standard InChI is InChI=1S/C30H40N4O4/c1-21-18-34(22(2)20-35)29(36)26-16-24(15-14-23-10-6-4-7-11-23)17-31-28(26)38-27(21)19-33(3)30(37)32-25-12-8-5-9-13-25/h4,6-7,10-11,14-17,21-22,25,27,35H,5,8-9,12-13,18-20H2,1-3H3,(H,32,37)/b15-14+/t21-,22-,27-/m1/s1. The molecule has 1 aromatic carbocycles. The molecule has 38 heavy (non-hydrogen) atoms. The Balaban J connectivity index is 1.56. The van der Waals surface area contributed by atoms with E-state index in [1.807, 2.05) is 56.3 Å². The van der Waals surface area contributed by atoms with Crippen LogP contribution in [0.5, 0.6) is 5.88 Å². The minimum atomic E-state index is -0.379. The maximum Gasteiger partial charge on any atom is 0.317 e. The van der Waals surface area contributed by atoms with Crippen molar-refractivity contribution in [3.8, 4) is 5.88 Å². The number of aliphatic hydroxyl groups excluding tert-OH is 1. The fourth-order valence-electron chi connectivity index (χ4n) is 5.07. The van der Waals surface area contributed by atoms with Gasteiger partial charge < -0.3 is 25.0 Å². The summed E-state index contributed by atoms with van der Waals surface area (Å²) in [5, 5.41) is 13.1. The highest BCUT2D eigenvalue weighted by molar-refractivity contribution is 5.97. The maximum absolute atomic E-state index is 13.6. The number of likely N-dealkylation sites (N-methyl/N-ethyl adjacent to an activating group) is 1. The van der Waals surface area contributed by atoms with Crippen LogP contribution in [-0.4, -0.2) is 76.8 Å². The molecular weight excluding hydrogens is 480 g/mol. The molecule has 204 valence electrons. The van der Waals surface area contributed by atoms with Crippen LogP contribution < -0.4 is 10.1 Å². The van der Waals surface area contributed by atoms with Gasteiger partial charge in [-0.15, -0.1) is 0 Å². The number of carbonyl (C=O) groups excluding carboxylic acids is 2. The Morgan fingerprint density at radius 2 is 1.92 bits per heavy atom. The molecule has 4 rings (SSSR count). The molecule has 0 bridgehead atoms. The number of hydrogen-bond donors (Lipinski definition) is 2. The fraction of sp³-hybridized carbons (Fsp3) is 0.500. The molecule has 1 aliphatic carbocycles. The van der Waals surface area contributed by atoms with Gasteiger partial charge >= 0.3 is 6.03 Å². The van der Waals surface area contributed by atoms with E-state index in [4.69, 9.17) is 4.74 Å². The predicted octanol–water partition coefficient (Wildman–Crippen LogP) is 4.45. The first-order valence-electron chi connectivity index (χ1n) is 13.7. The summed E-state index contributed by atoms with van der Waals surface area (Å²) < 4.78 is 6.34. The number of amides is 3. The van der Waals surface area contributed by atoms with Crippen molar-refractivity contribution in [3.63, 3.8) is 0 Å². The fourth-order valence-corrected chi connectivity index (χ4v) is 5.07. The number of hydrogen-bond acceptors (Lipinski definition) is 5. The van der Waals surface area contributed by atoms with Crippen LogP contribution in [0.3, 0.4) is 0 Å². The SMILES string of the molecule is C[C@@H]1CN([C@H](C)CO)C(=O)c2cc(/C=C/c3ccccc3)cnc2O[C@@H]1CN(C)C(=O)NC1CCCCC1. The van der Waals surface area contributed by atoms with Gasteiger partial charge in [0, 0.05) is 31.7 Å². The third-order valence-corrected chi connectivity index (χ3v) is 7.54. The first-order valence-corrected chi connectivity index (χ1v) is 13.7. The lowest BCUT2D eigenvalue weighted by atomic mass is 9.96. The molecule has 0 saturated heterocycles. The highest BCUT2D eigenvalue weighted by Gasteiger charge is 2.35. The molecule has 0 unspecified atom stereocenters. The molecule has 0 radical (unpaired) electrons. The summed E-state index contributed by atoms with van der Waals surface area (Å²) in [6.45, 7) is 4.44. The number of pyridine rings is 1. The van der Waals surface area contributed by atoms with Crippen molar-refractivity contribution in [3.05, 3.63) is 59.3 Å². The van der Waals surface area contributed by atoms with Crippen LogP contribution in [-0.2, 0) is 0 Å². The molecule has 3 amide bonds. The number of nitrogens with one attached hydrogen (secondary N) is 1. The van der Waals surface area contributed by atoms with E-state index >= 15 is 0 Å².